The van der Waals surface area contributed by atoms with E-state index in [1.54, 1.807) is 12.1 Å². The zero-order chi connectivity index (χ0) is 21.5. The fourth-order valence-electron chi connectivity index (χ4n) is 3.19. The summed E-state index contributed by atoms with van der Waals surface area (Å²) >= 11 is 0. The van der Waals surface area contributed by atoms with Crippen molar-refractivity contribution < 1.29 is 22.7 Å². The lowest BCUT2D eigenvalue weighted by atomic mass is 9.98. The zero-order valence-corrected chi connectivity index (χ0v) is 16.8. The molecular weight excluding hydrogens is 390 g/mol. The van der Waals surface area contributed by atoms with Crippen LogP contribution in [0.1, 0.15) is 28.7 Å². The lowest BCUT2D eigenvalue weighted by molar-refractivity contribution is -0.122. The maximum absolute atomic E-state index is 12.7. The minimum atomic E-state index is -2.88. The van der Waals surface area contributed by atoms with Gasteiger partial charge in [0.2, 0.25) is 5.91 Å². The van der Waals surface area contributed by atoms with Gasteiger partial charge < -0.3 is 14.5 Å². The average molecular weight is 414 g/mol. The number of carbonyl (C=O) groups excluding carboxylic acids is 1. The van der Waals surface area contributed by atoms with Crippen LogP contribution in [0, 0.1) is 6.92 Å². The van der Waals surface area contributed by atoms with Gasteiger partial charge in [-0.25, -0.2) is 0 Å². The van der Waals surface area contributed by atoms with Crippen LogP contribution < -0.4 is 10.1 Å². The van der Waals surface area contributed by atoms with Crippen molar-refractivity contribution in [3.63, 3.8) is 0 Å². The highest BCUT2D eigenvalue weighted by molar-refractivity contribution is 5.79. The lowest BCUT2D eigenvalue weighted by Gasteiger charge is -2.22. The minimum Gasteiger partial charge on any atom is -0.465 e. The number of rotatable bonds is 9. The molecule has 1 amide bonds. The molecule has 1 N–H and O–H groups in total. The topological polar surface area (TPSA) is 54.7 Å². The van der Waals surface area contributed by atoms with Crippen LogP contribution in [0.4, 0.5) is 8.78 Å². The van der Waals surface area contributed by atoms with Gasteiger partial charge in [0.25, 0.3) is 0 Å². The monoisotopic (exact) mass is 414 g/mol. The molecule has 30 heavy (non-hydrogen) atoms. The van der Waals surface area contributed by atoms with Gasteiger partial charge in [-0.05, 0) is 49.4 Å². The number of ether oxygens (including phenoxy) is 1. The molecule has 0 aliphatic carbocycles. The van der Waals surface area contributed by atoms with Crippen LogP contribution in [0.3, 0.4) is 0 Å². The molecule has 0 saturated carbocycles. The summed E-state index contributed by atoms with van der Waals surface area (Å²) < 4.78 is 34.8. The molecule has 1 heterocycles. The number of furan rings is 1. The second kappa shape index (κ2) is 10.0. The normalized spacial score (nSPS) is 12.2. The molecule has 1 aromatic heterocycles. The second-order valence-electron chi connectivity index (χ2n) is 7.04. The molecule has 2 aromatic carbocycles. The number of carbonyl (C=O) groups is 1. The number of benzene rings is 2. The zero-order valence-electron chi connectivity index (χ0n) is 16.8. The number of nitrogens with zero attached hydrogens (tertiary/aromatic N) is 1. The number of likely N-dealkylation sites (N-methyl/N-ethyl adjacent to an activating group) is 1. The van der Waals surface area contributed by atoms with Crippen molar-refractivity contribution in [2.45, 2.75) is 26.1 Å². The summed E-state index contributed by atoms with van der Waals surface area (Å²) in [4.78, 5) is 14.6. The predicted molar refractivity (Wildman–Crippen MR) is 109 cm³/mol. The molecule has 7 heteroatoms. The van der Waals surface area contributed by atoms with Crippen LogP contribution in [0.5, 0.6) is 5.75 Å². The van der Waals surface area contributed by atoms with Crippen molar-refractivity contribution in [2.75, 3.05) is 13.6 Å². The fourth-order valence-corrected chi connectivity index (χ4v) is 3.19. The first-order valence-electron chi connectivity index (χ1n) is 9.53. The Hall–Kier alpha value is -3.19. The highest BCUT2D eigenvalue weighted by Crippen LogP contribution is 2.25. The highest BCUT2D eigenvalue weighted by atomic mass is 19.3. The third kappa shape index (κ3) is 6.15. The van der Waals surface area contributed by atoms with E-state index in [1.807, 2.05) is 61.3 Å². The van der Waals surface area contributed by atoms with Crippen LogP contribution in [0.2, 0.25) is 0 Å². The summed E-state index contributed by atoms with van der Waals surface area (Å²) in [5.41, 5.74) is 1.65. The van der Waals surface area contributed by atoms with E-state index in [-0.39, 0.29) is 18.2 Å². The molecule has 0 aliphatic rings. The smallest absolute Gasteiger partial charge is 0.387 e. The van der Waals surface area contributed by atoms with E-state index >= 15 is 0 Å². The van der Waals surface area contributed by atoms with Gasteiger partial charge in [0.15, 0.2) is 0 Å². The molecule has 3 aromatic rings. The Kier molecular flexibility index (Phi) is 7.19. The SMILES string of the molecule is Cc1ccc(CN(C)CC(=O)N[C@H](c2ccccc2)c2ccc(OC(F)F)cc2)o1. The first kappa shape index (κ1) is 21.5. The van der Waals surface area contributed by atoms with E-state index in [1.165, 1.54) is 12.1 Å². The summed E-state index contributed by atoms with van der Waals surface area (Å²) in [6.07, 6.45) is 0. The van der Waals surface area contributed by atoms with Crippen LogP contribution >= 0.6 is 0 Å². The number of amides is 1. The number of nitrogens with one attached hydrogen (secondary N) is 1. The Bertz CT molecular complexity index is 943. The number of halogens is 2. The summed E-state index contributed by atoms with van der Waals surface area (Å²) in [5.74, 6) is 1.52. The molecule has 5 nitrogen and oxygen atoms in total. The standard InChI is InChI=1S/C23H24F2N2O3/c1-16-8-11-20(29-16)14-27(2)15-21(28)26-22(17-6-4-3-5-7-17)18-9-12-19(13-10-18)30-23(24)25/h3-13,22-23H,14-15H2,1-2H3,(H,26,28)/t22-/m1/s1. The van der Waals surface area contributed by atoms with E-state index in [0.29, 0.717) is 6.54 Å². The van der Waals surface area contributed by atoms with Crippen molar-refractivity contribution in [2.24, 2.45) is 0 Å². The van der Waals surface area contributed by atoms with Crippen molar-refractivity contribution >= 4 is 5.91 Å². The van der Waals surface area contributed by atoms with E-state index < -0.39 is 12.7 Å². The maximum Gasteiger partial charge on any atom is 0.387 e. The quantitative estimate of drug-likeness (QED) is 0.559. The van der Waals surface area contributed by atoms with Crippen LogP contribution in [0.25, 0.3) is 0 Å². The Morgan fingerprint density at radius 1 is 1.03 bits per heavy atom. The molecule has 0 radical (unpaired) electrons. The molecule has 0 aliphatic heterocycles. The fraction of sp³-hybridized carbons (Fsp3) is 0.261. The van der Waals surface area contributed by atoms with Crippen molar-refractivity contribution in [3.05, 3.63) is 89.4 Å². The summed E-state index contributed by atoms with van der Waals surface area (Å²) in [6, 6.07) is 19.1. The Labute approximate surface area is 174 Å². The number of hydrogen-bond donors (Lipinski definition) is 1. The number of alkyl halides is 2. The van der Waals surface area contributed by atoms with Gasteiger partial charge in [0, 0.05) is 0 Å². The maximum atomic E-state index is 12.7. The largest absolute Gasteiger partial charge is 0.465 e. The molecule has 1 atom stereocenters. The average Bonchev–Trinajstić information content (AvgIpc) is 3.11. The first-order chi connectivity index (χ1) is 14.4. The van der Waals surface area contributed by atoms with Crippen LogP contribution in [-0.4, -0.2) is 31.0 Å². The van der Waals surface area contributed by atoms with Gasteiger partial charge in [0.05, 0.1) is 19.1 Å². The van der Waals surface area contributed by atoms with Gasteiger partial charge in [-0.3, -0.25) is 9.69 Å². The molecule has 3 rings (SSSR count). The third-order valence-electron chi connectivity index (χ3n) is 4.51. The molecule has 0 spiro atoms. The highest BCUT2D eigenvalue weighted by Gasteiger charge is 2.18. The van der Waals surface area contributed by atoms with Crippen molar-refractivity contribution in [1.29, 1.82) is 0 Å². The molecule has 0 unspecified atom stereocenters. The third-order valence-corrected chi connectivity index (χ3v) is 4.51. The molecule has 0 bridgehead atoms. The Balaban J connectivity index is 1.70. The number of aryl methyl sites for hydroxylation is 1. The summed E-state index contributed by atoms with van der Waals surface area (Å²) in [5, 5.41) is 3.03. The van der Waals surface area contributed by atoms with E-state index in [9.17, 15) is 13.6 Å². The van der Waals surface area contributed by atoms with Gasteiger partial charge >= 0.3 is 6.61 Å². The minimum absolute atomic E-state index is 0.0698. The lowest BCUT2D eigenvalue weighted by Crippen LogP contribution is -2.37. The van der Waals surface area contributed by atoms with E-state index in [2.05, 4.69) is 10.1 Å². The van der Waals surface area contributed by atoms with Gasteiger partial charge in [-0.2, -0.15) is 8.78 Å². The first-order valence-corrected chi connectivity index (χ1v) is 9.53. The molecular formula is C23H24F2N2O3. The Morgan fingerprint density at radius 3 is 2.30 bits per heavy atom. The van der Waals surface area contributed by atoms with Crippen LogP contribution in [0.15, 0.2) is 71.1 Å². The number of hydrogen-bond acceptors (Lipinski definition) is 4. The van der Waals surface area contributed by atoms with Gasteiger partial charge in [-0.15, -0.1) is 0 Å². The van der Waals surface area contributed by atoms with Crippen LogP contribution in [-0.2, 0) is 11.3 Å². The Morgan fingerprint density at radius 2 is 1.70 bits per heavy atom. The summed E-state index contributed by atoms with van der Waals surface area (Å²) in [7, 11) is 1.84. The van der Waals surface area contributed by atoms with Crippen molar-refractivity contribution in [3.8, 4) is 5.75 Å². The molecule has 0 fully saturated rings. The predicted octanol–water partition coefficient (Wildman–Crippen LogP) is 4.53. The van der Waals surface area contributed by atoms with Gasteiger partial charge in [0.1, 0.15) is 17.3 Å². The van der Waals surface area contributed by atoms with E-state index in [0.717, 1.165) is 22.6 Å². The second-order valence-corrected chi connectivity index (χ2v) is 7.04. The summed E-state index contributed by atoms with van der Waals surface area (Å²) in [6.45, 7) is -0.320. The van der Waals surface area contributed by atoms with E-state index in [4.69, 9.17) is 4.42 Å². The molecule has 0 saturated heterocycles. The van der Waals surface area contributed by atoms with Crippen molar-refractivity contribution in [1.82, 2.24) is 10.2 Å². The van der Waals surface area contributed by atoms with Gasteiger partial charge in [-0.1, -0.05) is 42.5 Å². The molecule has 158 valence electrons.